The lowest BCUT2D eigenvalue weighted by Crippen LogP contribution is -2.47. The van der Waals surface area contributed by atoms with Crippen molar-refractivity contribution in [3.63, 3.8) is 0 Å². The number of hydrogen-bond donors (Lipinski definition) is 1. The van der Waals surface area contributed by atoms with E-state index in [1.54, 1.807) is 59.8 Å². The van der Waals surface area contributed by atoms with Gasteiger partial charge in [-0.3, -0.25) is 14.4 Å². The molecule has 2 atom stereocenters. The molecule has 2 amide bonds. The van der Waals surface area contributed by atoms with Crippen molar-refractivity contribution in [3.05, 3.63) is 114 Å². The molecule has 1 saturated heterocycles. The summed E-state index contributed by atoms with van der Waals surface area (Å²) in [6, 6.07) is 24.5. The van der Waals surface area contributed by atoms with E-state index in [0.717, 1.165) is 0 Å². The number of Topliss-reactive ketones (excluding diaryl/α,β-unsaturated/α-hetero) is 1. The van der Waals surface area contributed by atoms with E-state index in [2.05, 4.69) is 15.5 Å². The predicted octanol–water partition coefficient (Wildman–Crippen LogP) is 3.86. The summed E-state index contributed by atoms with van der Waals surface area (Å²) in [6.45, 7) is 0.821. The van der Waals surface area contributed by atoms with Crippen LogP contribution in [0.5, 0.6) is 0 Å². The molecule has 3 aromatic carbocycles. The first-order valence-electron chi connectivity index (χ1n) is 12.3. The number of nitrogens with zero attached hydrogens (tertiary/aromatic N) is 4. The highest BCUT2D eigenvalue weighted by Gasteiger charge is 2.33. The van der Waals surface area contributed by atoms with Crippen LogP contribution in [0, 0.1) is 5.92 Å². The van der Waals surface area contributed by atoms with Crippen molar-refractivity contribution in [2.24, 2.45) is 5.92 Å². The fourth-order valence-electron chi connectivity index (χ4n) is 4.69. The Morgan fingerprint density at radius 1 is 0.838 bits per heavy atom. The van der Waals surface area contributed by atoms with Gasteiger partial charge in [-0.1, -0.05) is 72.8 Å². The van der Waals surface area contributed by atoms with Gasteiger partial charge in [-0.05, 0) is 30.5 Å². The predicted molar refractivity (Wildman–Crippen MR) is 138 cm³/mol. The van der Waals surface area contributed by atoms with Crippen molar-refractivity contribution in [3.8, 4) is 5.69 Å². The van der Waals surface area contributed by atoms with E-state index in [4.69, 9.17) is 0 Å². The highest BCUT2D eigenvalue weighted by atomic mass is 16.2. The maximum atomic E-state index is 13.5. The van der Waals surface area contributed by atoms with Crippen LogP contribution in [0.1, 0.15) is 45.2 Å². The van der Waals surface area contributed by atoms with E-state index in [-0.39, 0.29) is 24.1 Å². The van der Waals surface area contributed by atoms with E-state index in [1.807, 2.05) is 42.5 Å². The number of para-hydroxylation sites is 1. The number of rotatable bonds is 7. The van der Waals surface area contributed by atoms with Gasteiger partial charge in [0.25, 0.3) is 5.91 Å². The Kier molecular flexibility index (Phi) is 7.16. The zero-order chi connectivity index (χ0) is 25.6. The molecule has 8 heteroatoms. The average molecular weight is 494 g/mol. The Balaban J connectivity index is 1.34. The summed E-state index contributed by atoms with van der Waals surface area (Å²) in [5.74, 6) is -1.02. The quantitative estimate of drug-likeness (QED) is 0.395. The molecule has 0 saturated carbocycles. The summed E-state index contributed by atoms with van der Waals surface area (Å²) in [6.07, 6.45) is 4.44. The smallest absolute Gasteiger partial charge is 0.256 e. The molecule has 0 spiro atoms. The van der Waals surface area contributed by atoms with E-state index < -0.39 is 12.0 Å². The highest BCUT2D eigenvalue weighted by molar-refractivity contribution is 6.03. The number of hydrogen-bond acceptors (Lipinski definition) is 5. The van der Waals surface area contributed by atoms with E-state index in [1.165, 1.54) is 4.80 Å². The first-order valence-corrected chi connectivity index (χ1v) is 12.3. The van der Waals surface area contributed by atoms with Crippen molar-refractivity contribution in [2.75, 3.05) is 13.1 Å². The summed E-state index contributed by atoms with van der Waals surface area (Å²) >= 11 is 0. The van der Waals surface area contributed by atoms with Gasteiger partial charge in [-0.15, -0.1) is 0 Å². The topological polar surface area (TPSA) is 97.2 Å². The Morgan fingerprint density at radius 2 is 1.49 bits per heavy atom. The molecule has 186 valence electrons. The number of carbonyl (C=O) groups is 3. The third-order valence-corrected chi connectivity index (χ3v) is 6.59. The second-order valence-electron chi connectivity index (χ2n) is 9.01. The maximum absolute atomic E-state index is 13.5. The van der Waals surface area contributed by atoms with Gasteiger partial charge in [-0.25, -0.2) is 0 Å². The van der Waals surface area contributed by atoms with Gasteiger partial charge in [-0.2, -0.15) is 15.0 Å². The Morgan fingerprint density at radius 3 is 2.22 bits per heavy atom. The van der Waals surface area contributed by atoms with Gasteiger partial charge >= 0.3 is 0 Å². The number of piperidine rings is 1. The molecule has 37 heavy (non-hydrogen) atoms. The molecule has 1 aliphatic heterocycles. The van der Waals surface area contributed by atoms with E-state index in [0.29, 0.717) is 41.8 Å². The van der Waals surface area contributed by atoms with E-state index >= 15 is 0 Å². The fourth-order valence-corrected chi connectivity index (χ4v) is 4.69. The molecule has 2 heterocycles. The van der Waals surface area contributed by atoms with Crippen molar-refractivity contribution in [2.45, 2.75) is 18.9 Å². The summed E-state index contributed by atoms with van der Waals surface area (Å²) < 4.78 is 0. The van der Waals surface area contributed by atoms with Gasteiger partial charge in [0, 0.05) is 18.7 Å². The van der Waals surface area contributed by atoms with Crippen LogP contribution in [0.4, 0.5) is 0 Å². The van der Waals surface area contributed by atoms with E-state index in [9.17, 15) is 14.4 Å². The summed E-state index contributed by atoms with van der Waals surface area (Å²) in [5.41, 5.74) is 2.30. The zero-order valence-electron chi connectivity index (χ0n) is 20.2. The van der Waals surface area contributed by atoms with Gasteiger partial charge in [0.1, 0.15) is 6.04 Å². The maximum Gasteiger partial charge on any atom is 0.256 e. The normalized spacial score (nSPS) is 16.1. The highest BCUT2D eigenvalue weighted by Crippen LogP contribution is 2.24. The number of carbonyl (C=O) groups excluding carboxylic acids is 3. The van der Waals surface area contributed by atoms with Gasteiger partial charge in [0.05, 0.1) is 29.6 Å². The minimum Gasteiger partial charge on any atom is -0.342 e. The minimum atomic E-state index is -0.811. The van der Waals surface area contributed by atoms with Gasteiger partial charge < -0.3 is 10.2 Å². The molecule has 0 bridgehead atoms. The first kappa shape index (κ1) is 24.1. The molecule has 1 aliphatic rings. The minimum absolute atomic E-state index is 0.176. The molecular weight excluding hydrogens is 466 g/mol. The molecule has 1 fully saturated rings. The Labute approximate surface area is 214 Å². The van der Waals surface area contributed by atoms with Crippen molar-refractivity contribution < 1.29 is 14.4 Å². The lowest BCUT2D eigenvalue weighted by molar-refractivity contribution is -0.126. The standard InChI is InChI=1S/C29H27N5O3/c35-27(22-12-5-2-6-13-22)26(21-10-3-1-4-11-21)32-28(36)23-14-9-19-33(20-23)29(37)24-15-7-8-16-25(24)34-30-17-18-31-34/h1-8,10-13,15-18,23,26H,9,14,19-20H2,(H,32,36). The molecule has 5 rings (SSSR count). The number of likely N-dealkylation sites (tertiary alicyclic amines) is 1. The fraction of sp³-hybridized carbons (Fsp3) is 0.207. The molecule has 2 unspecified atom stereocenters. The molecule has 4 aromatic rings. The second kappa shape index (κ2) is 11.0. The van der Waals surface area contributed by atoms with Crippen LogP contribution in [0.25, 0.3) is 5.69 Å². The second-order valence-corrected chi connectivity index (χ2v) is 9.01. The Hall–Kier alpha value is -4.59. The molecule has 1 N–H and O–H groups in total. The molecular formula is C29H27N5O3. The number of nitrogens with one attached hydrogen (secondary N) is 1. The Bertz CT molecular complexity index is 1370. The third-order valence-electron chi connectivity index (χ3n) is 6.59. The van der Waals surface area contributed by atoms with Crippen LogP contribution in [-0.4, -0.2) is 50.6 Å². The zero-order valence-corrected chi connectivity index (χ0v) is 20.2. The van der Waals surface area contributed by atoms with Crippen LogP contribution in [0.15, 0.2) is 97.3 Å². The number of ketones is 1. The molecule has 0 radical (unpaired) electrons. The summed E-state index contributed by atoms with van der Waals surface area (Å²) in [7, 11) is 0. The number of aromatic nitrogens is 3. The first-order chi connectivity index (χ1) is 18.1. The largest absolute Gasteiger partial charge is 0.342 e. The van der Waals surface area contributed by atoms with Crippen LogP contribution >= 0.6 is 0 Å². The van der Waals surface area contributed by atoms with Crippen LogP contribution < -0.4 is 5.32 Å². The summed E-state index contributed by atoms with van der Waals surface area (Å²) in [4.78, 5) is 43.4. The van der Waals surface area contributed by atoms with Crippen molar-refractivity contribution >= 4 is 17.6 Å². The monoisotopic (exact) mass is 493 g/mol. The lowest BCUT2D eigenvalue weighted by atomic mass is 9.93. The molecule has 1 aromatic heterocycles. The summed E-state index contributed by atoms with van der Waals surface area (Å²) in [5, 5.41) is 11.3. The van der Waals surface area contributed by atoms with Crippen molar-refractivity contribution in [1.82, 2.24) is 25.2 Å². The SMILES string of the molecule is O=C(NC(C(=O)c1ccccc1)c1ccccc1)C1CCCN(C(=O)c2ccccc2-n2nccn2)C1. The van der Waals surface area contributed by atoms with Gasteiger partial charge in [0.15, 0.2) is 5.78 Å². The van der Waals surface area contributed by atoms with Crippen molar-refractivity contribution in [1.29, 1.82) is 0 Å². The van der Waals surface area contributed by atoms with Crippen LogP contribution in [-0.2, 0) is 4.79 Å². The van der Waals surface area contributed by atoms with Gasteiger partial charge in [0.2, 0.25) is 5.91 Å². The lowest BCUT2D eigenvalue weighted by Gasteiger charge is -2.33. The number of amides is 2. The van der Waals surface area contributed by atoms with Crippen LogP contribution in [0.3, 0.4) is 0 Å². The third kappa shape index (κ3) is 5.33. The number of benzene rings is 3. The van der Waals surface area contributed by atoms with Crippen LogP contribution in [0.2, 0.25) is 0 Å². The molecule has 8 nitrogen and oxygen atoms in total. The average Bonchev–Trinajstić information content (AvgIpc) is 3.51. The molecule has 0 aliphatic carbocycles.